The Morgan fingerprint density at radius 1 is 1.17 bits per heavy atom. The molecule has 8 nitrogen and oxygen atoms in total. The van der Waals surface area contributed by atoms with Crippen LogP contribution in [0.1, 0.15) is 6.92 Å². The predicted octanol–water partition coefficient (Wildman–Crippen LogP) is 2.78. The Labute approximate surface area is 180 Å². The summed E-state index contributed by atoms with van der Waals surface area (Å²) in [5, 5.41) is 0.371. The van der Waals surface area contributed by atoms with E-state index in [9.17, 15) is 13.2 Å². The third-order valence-electron chi connectivity index (χ3n) is 4.52. The first-order chi connectivity index (χ1) is 14.3. The van der Waals surface area contributed by atoms with Crippen molar-refractivity contribution in [3.8, 4) is 11.5 Å². The Hall–Kier alpha value is -2.49. The van der Waals surface area contributed by atoms with Gasteiger partial charge in [0, 0.05) is 18.1 Å². The minimum atomic E-state index is -3.87. The average Bonchev–Trinajstić information content (AvgIpc) is 2.74. The van der Waals surface area contributed by atoms with Crippen LogP contribution in [0.2, 0.25) is 5.02 Å². The summed E-state index contributed by atoms with van der Waals surface area (Å²) in [6, 6.07) is 10.5. The molecule has 1 N–H and O–H groups in total. The molecule has 30 heavy (non-hydrogen) atoms. The normalized spacial score (nSPS) is 15.4. The molecule has 0 spiro atoms. The number of hydrogen-bond acceptors (Lipinski definition) is 6. The Kier molecular flexibility index (Phi) is 7.06. The first-order valence-corrected chi connectivity index (χ1v) is 11.2. The van der Waals surface area contributed by atoms with Gasteiger partial charge in [-0.1, -0.05) is 11.6 Å². The zero-order chi connectivity index (χ0) is 21.7. The summed E-state index contributed by atoms with van der Waals surface area (Å²) in [7, 11) is -2.44. The second kappa shape index (κ2) is 9.55. The quantitative estimate of drug-likeness (QED) is 0.691. The topological polar surface area (TPSA) is 94.2 Å². The SMILES string of the molecule is COc1ccc(Cl)cc1NS(=O)(=O)c1ccc(O[C@H](C)C(=O)N2CCOCC2)cc1. The van der Waals surface area contributed by atoms with Gasteiger partial charge >= 0.3 is 0 Å². The van der Waals surface area contributed by atoms with E-state index >= 15 is 0 Å². The lowest BCUT2D eigenvalue weighted by atomic mass is 10.3. The van der Waals surface area contributed by atoms with Crippen molar-refractivity contribution in [1.82, 2.24) is 4.90 Å². The van der Waals surface area contributed by atoms with Crippen molar-refractivity contribution in [2.24, 2.45) is 0 Å². The highest BCUT2D eigenvalue weighted by Crippen LogP contribution is 2.30. The number of benzene rings is 2. The first kappa shape index (κ1) is 22.2. The van der Waals surface area contributed by atoms with Crippen molar-refractivity contribution >= 4 is 33.2 Å². The Balaban J connectivity index is 1.68. The van der Waals surface area contributed by atoms with Crippen LogP contribution in [0, 0.1) is 0 Å². The maximum absolute atomic E-state index is 12.7. The number of hydrogen-bond donors (Lipinski definition) is 1. The van der Waals surface area contributed by atoms with E-state index in [-0.39, 0.29) is 16.5 Å². The lowest BCUT2D eigenvalue weighted by Gasteiger charge is -2.29. The third-order valence-corrected chi connectivity index (χ3v) is 6.14. The van der Waals surface area contributed by atoms with Crippen LogP contribution in [-0.4, -0.2) is 58.7 Å². The molecule has 1 fully saturated rings. The molecule has 1 aliphatic rings. The van der Waals surface area contributed by atoms with Gasteiger partial charge in [-0.3, -0.25) is 9.52 Å². The van der Waals surface area contributed by atoms with Crippen molar-refractivity contribution in [1.29, 1.82) is 0 Å². The lowest BCUT2D eigenvalue weighted by Crippen LogP contribution is -2.46. The first-order valence-electron chi connectivity index (χ1n) is 9.30. The minimum absolute atomic E-state index is 0.0315. The highest BCUT2D eigenvalue weighted by atomic mass is 35.5. The molecule has 1 amide bonds. The van der Waals surface area contributed by atoms with Gasteiger partial charge in [0.25, 0.3) is 15.9 Å². The number of anilines is 1. The lowest BCUT2D eigenvalue weighted by molar-refractivity contribution is -0.142. The number of nitrogens with zero attached hydrogens (tertiary/aromatic N) is 1. The molecule has 162 valence electrons. The van der Waals surface area contributed by atoms with E-state index in [0.717, 1.165) is 0 Å². The number of sulfonamides is 1. The van der Waals surface area contributed by atoms with Gasteiger partial charge in [-0.2, -0.15) is 0 Å². The number of carbonyl (C=O) groups excluding carboxylic acids is 1. The van der Waals surface area contributed by atoms with Crippen molar-refractivity contribution in [2.45, 2.75) is 17.9 Å². The van der Waals surface area contributed by atoms with Crippen molar-refractivity contribution in [3.63, 3.8) is 0 Å². The van der Waals surface area contributed by atoms with Crippen LogP contribution in [-0.2, 0) is 19.6 Å². The zero-order valence-electron chi connectivity index (χ0n) is 16.6. The fourth-order valence-electron chi connectivity index (χ4n) is 2.96. The highest BCUT2D eigenvalue weighted by molar-refractivity contribution is 7.92. The Morgan fingerprint density at radius 3 is 2.47 bits per heavy atom. The molecule has 2 aromatic carbocycles. The summed E-state index contributed by atoms with van der Waals surface area (Å²) in [4.78, 5) is 14.2. The third kappa shape index (κ3) is 5.35. The minimum Gasteiger partial charge on any atom is -0.495 e. The zero-order valence-corrected chi connectivity index (χ0v) is 18.2. The van der Waals surface area contributed by atoms with Gasteiger partial charge in [0.15, 0.2) is 6.10 Å². The number of ether oxygens (including phenoxy) is 3. The van der Waals surface area contributed by atoms with Crippen LogP contribution in [0.5, 0.6) is 11.5 Å². The maximum atomic E-state index is 12.7. The Morgan fingerprint density at radius 2 is 1.83 bits per heavy atom. The van der Waals surface area contributed by atoms with E-state index < -0.39 is 16.1 Å². The van der Waals surface area contributed by atoms with Gasteiger partial charge in [0.1, 0.15) is 11.5 Å². The van der Waals surface area contributed by atoms with E-state index in [2.05, 4.69) is 4.72 Å². The van der Waals surface area contributed by atoms with Crippen LogP contribution in [0.25, 0.3) is 0 Å². The van der Waals surface area contributed by atoms with E-state index in [1.165, 1.54) is 37.4 Å². The van der Waals surface area contributed by atoms with Crippen LogP contribution in [0.3, 0.4) is 0 Å². The number of halogens is 1. The predicted molar refractivity (Wildman–Crippen MR) is 113 cm³/mol. The standard InChI is InChI=1S/C20H23ClN2O6S/c1-14(20(24)23-9-11-28-12-10-23)29-16-4-6-17(7-5-16)30(25,26)22-18-13-15(21)3-8-19(18)27-2/h3-8,13-14,22H,9-12H2,1-2H3/t14-/m1/s1. The molecule has 0 aliphatic carbocycles. The van der Waals surface area contributed by atoms with E-state index in [0.29, 0.717) is 42.8 Å². The average molecular weight is 455 g/mol. The molecule has 0 radical (unpaired) electrons. The van der Waals surface area contributed by atoms with Crippen LogP contribution >= 0.6 is 11.6 Å². The monoisotopic (exact) mass is 454 g/mol. The van der Waals surface area contributed by atoms with E-state index in [1.807, 2.05) is 0 Å². The number of morpholine rings is 1. The van der Waals surface area contributed by atoms with Gasteiger partial charge in [-0.25, -0.2) is 8.42 Å². The Bertz CT molecular complexity index is 991. The number of rotatable bonds is 7. The number of nitrogens with one attached hydrogen (secondary N) is 1. The molecule has 0 unspecified atom stereocenters. The molecular formula is C20H23ClN2O6S. The van der Waals surface area contributed by atoms with E-state index in [4.69, 9.17) is 25.8 Å². The molecule has 0 bridgehead atoms. The molecular weight excluding hydrogens is 432 g/mol. The number of methoxy groups -OCH3 is 1. The summed E-state index contributed by atoms with van der Waals surface area (Å²) >= 11 is 5.95. The molecule has 1 aliphatic heterocycles. The van der Waals surface area contributed by atoms with Crippen molar-refractivity contribution in [3.05, 3.63) is 47.5 Å². The van der Waals surface area contributed by atoms with Crippen molar-refractivity contribution < 1.29 is 27.4 Å². The fraction of sp³-hybridized carbons (Fsp3) is 0.350. The second-order valence-electron chi connectivity index (χ2n) is 6.62. The molecule has 1 atom stereocenters. The smallest absolute Gasteiger partial charge is 0.263 e. The summed E-state index contributed by atoms with van der Waals surface area (Å²) < 4.78 is 44.0. The molecule has 1 saturated heterocycles. The van der Waals surface area contributed by atoms with Crippen LogP contribution in [0.15, 0.2) is 47.4 Å². The van der Waals surface area contributed by atoms with Crippen LogP contribution in [0.4, 0.5) is 5.69 Å². The van der Waals surface area contributed by atoms with Gasteiger partial charge in [0.2, 0.25) is 0 Å². The molecule has 0 aromatic heterocycles. The van der Waals surface area contributed by atoms with Gasteiger partial charge < -0.3 is 19.1 Å². The second-order valence-corrected chi connectivity index (χ2v) is 8.74. The van der Waals surface area contributed by atoms with Crippen molar-refractivity contribution in [2.75, 3.05) is 38.1 Å². The molecule has 3 rings (SSSR count). The number of amides is 1. The summed E-state index contributed by atoms with van der Waals surface area (Å²) in [6.45, 7) is 3.74. The van der Waals surface area contributed by atoms with Crippen LogP contribution < -0.4 is 14.2 Å². The molecule has 0 saturated carbocycles. The molecule has 1 heterocycles. The fourth-order valence-corrected chi connectivity index (χ4v) is 4.19. The molecule has 10 heteroatoms. The summed E-state index contributed by atoms with van der Waals surface area (Å²) in [5.74, 6) is 0.603. The van der Waals surface area contributed by atoms with Gasteiger partial charge in [-0.05, 0) is 49.4 Å². The van der Waals surface area contributed by atoms with Gasteiger partial charge in [0.05, 0.1) is 30.9 Å². The maximum Gasteiger partial charge on any atom is 0.263 e. The summed E-state index contributed by atoms with van der Waals surface area (Å²) in [6.07, 6.45) is -0.695. The van der Waals surface area contributed by atoms with E-state index in [1.54, 1.807) is 24.0 Å². The number of carbonyl (C=O) groups is 1. The molecule has 2 aromatic rings. The largest absolute Gasteiger partial charge is 0.495 e. The van der Waals surface area contributed by atoms with Gasteiger partial charge in [-0.15, -0.1) is 0 Å². The highest BCUT2D eigenvalue weighted by Gasteiger charge is 2.24. The summed E-state index contributed by atoms with van der Waals surface area (Å²) in [5.41, 5.74) is 0.232.